The van der Waals surface area contributed by atoms with E-state index in [4.69, 9.17) is 0 Å². The molecule has 4 rings (SSSR count). The Morgan fingerprint density at radius 1 is 1.07 bits per heavy atom. The Morgan fingerprint density at radius 2 is 1.86 bits per heavy atom. The highest BCUT2D eigenvalue weighted by atomic mass is 16.2. The predicted octanol–water partition coefficient (Wildman–Crippen LogP) is 2.51. The Bertz CT molecular complexity index is 1050. The molecule has 2 aromatic carbocycles. The van der Waals surface area contributed by atoms with Crippen molar-refractivity contribution in [1.82, 2.24) is 14.9 Å². The summed E-state index contributed by atoms with van der Waals surface area (Å²) in [6.07, 6.45) is 0.794. The van der Waals surface area contributed by atoms with E-state index in [9.17, 15) is 9.59 Å². The first-order chi connectivity index (χ1) is 13.6. The number of nitrogens with zero attached hydrogens (tertiary/aromatic N) is 3. The summed E-state index contributed by atoms with van der Waals surface area (Å²) in [6, 6.07) is 15.7. The van der Waals surface area contributed by atoms with Gasteiger partial charge < -0.3 is 14.8 Å². The Hall–Kier alpha value is -3.15. The fourth-order valence-electron chi connectivity index (χ4n) is 3.68. The number of fused-ring (bicyclic) bond motifs is 1. The summed E-state index contributed by atoms with van der Waals surface area (Å²) < 4.78 is 0. The number of hydrogen-bond acceptors (Lipinski definition) is 4. The lowest BCUT2D eigenvalue weighted by Crippen LogP contribution is -2.48. The monoisotopic (exact) mass is 376 g/mol. The van der Waals surface area contributed by atoms with Crippen LogP contribution in [0.5, 0.6) is 0 Å². The second kappa shape index (κ2) is 7.84. The molecule has 0 radical (unpaired) electrons. The Labute approximate surface area is 163 Å². The summed E-state index contributed by atoms with van der Waals surface area (Å²) in [5.41, 5.74) is 2.97. The van der Waals surface area contributed by atoms with Crippen LogP contribution in [-0.4, -0.2) is 47.0 Å². The summed E-state index contributed by atoms with van der Waals surface area (Å²) in [5.74, 6) is 0.676. The van der Waals surface area contributed by atoms with E-state index in [0.29, 0.717) is 42.7 Å². The molecule has 0 aliphatic carbocycles. The topological polar surface area (TPSA) is 69.3 Å². The van der Waals surface area contributed by atoms with Gasteiger partial charge in [0.1, 0.15) is 5.82 Å². The van der Waals surface area contributed by atoms with E-state index in [-0.39, 0.29) is 11.5 Å². The molecule has 0 atom stereocenters. The standard InChI is InChI=1S/C22H24N4O2/c1-16-5-4-6-17(15-16)25-11-13-26(14-12-25)21(27)10-9-20-23-19-8-3-2-7-18(19)22(28)24-20/h2-8,15H,9-14H2,1H3,(H,23,24,28). The number of anilines is 1. The molecule has 0 bridgehead atoms. The lowest BCUT2D eigenvalue weighted by atomic mass is 10.1. The predicted molar refractivity (Wildman–Crippen MR) is 111 cm³/mol. The number of amides is 1. The van der Waals surface area contributed by atoms with Gasteiger partial charge in [-0.1, -0.05) is 24.3 Å². The van der Waals surface area contributed by atoms with Crippen molar-refractivity contribution in [2.75, 3.05) is 31.1 Å². The summed E-state index contributed by atoms with van der Waals surface area (Å²) in [5, 5.41) is 0.574. The zero-order valence-corrected chi connectivity index (χ0v) is 16.0. The van der Waals surface area contributed by atoms with Crippen LogP contribution in [0.3, 0.4) is 0 Å². The molecule has 1 aliphatic rings. The van der Waals surface area contributed by atoms with Gasteiger partial charge in [-0.3, -0.25) is 9.59 Å². The van der Waals surface area contributed by atoms with Gasteiger partial charge >= 0.3 is 0 Å². The summed E-state index contributed by atoms with van der Waals surface area (Å²) in [6.45, 7) is 5.19. The second-order valence-electron chi connectivity index (χ2n) is 7.24. The van der Waals surface area contributed by atoms with E-state index < -0.39 is 0 Å². The molecule has 0 saturated carbocycles. The molecule has 1 saturated heterocycles. The first kappa shape index (κ1) is 18.2. The number of carbonyl (C=O) groups is 1. The van der Waals surface area contributed by atoms with E-state index >= 15 is 0 Å². The van der Waals surface area contributed by atoms with Crippen LogP contribution >= 0.6 is 0 Å². The van der Waals surface area contributed by atoms with Gasteiger partial charge in [-0.15, -0.1) is 0 Å². The van der Waals surface area contributed by atoms with E-state index in [2.05, 4.69) is 46.1 Å². The lowest BCUT2D eigenvalue weighted by molar-refractivity contribution is -0.131. The number of aryl methyl sites for hydroxylation is 2. The van der Waals surface area contributed by atoms with E-state index in [1.54, 1.807) is 6.07 Å². The van der Waals surface area contributed by atoms with Crippen molar-refractivity contribution in [3.05, 3.63) is 70.3 Å². The maximum absolute atomic E-state index is 12.6. The molecule has 1 aromatic heterocycles. The Kier molecular flexibility index (Phi) is 5.10. The summed E-state index contributed by atoms with van der Waals surface area (Å²) in [4.78, 5) is 36.3. The van der Waals surface area contributed by atoms with Crippen molar-refractivity contribution in [1.29, 1.82) is 0 Å². The highest BCUT2D eigenvalue weighted by molar-refractivity contribution is 5.78. The average molecular weight is 376 g/mol. The molecule has 0 unspecified atom stereocenters. The van der Waals surface area contributed by atoms with Crippen LogP contribution in [-0.2, 0) is 11.2 Å². The quantitative estimate of drug-likeness (QED) is 0.760. The molecule has 3 aromatic rings. The van der Waals surface area contributed by atoms with E-state index in [1.165, 1.54) is 11.3 Å². The number of piperazine rings is 1. The summed E-state index contributed by atoms with van der Waals surface area (Å²) in [7, 11) is 0. The maximum Gasteiger partial charge on any atom is 0.258 e. The van der Waals surface area contributed by atoms with Crippen molar-refractivity contribution in [3.8, 4) is 0 Å². The lowest BCUT2D eigenvalue weighted by Gasteiger charge is -2.36. The molecule has 6 nitrogen and oxygen atoms in total. The third kappa shape index (κ3) is 3.91. The van der Waals surface area contributed by atoms with Gasteiger partial charge in [-0.25, -0.2) is 4.98 Å². The van der Waals surface area contributed by atoms with Crippen LogP contribution in [0.1, 0.15) is 17.8 Å². The van der Waals surface area contributed by atoms with E-state index in [1.807, 2.05) is 23.1 Å². The SMILES string of the molecule is Cc1cccc(N2CCN(C(=O)CCc3nc4ccccc4c(=O)[nH]3)CC2)c1. The Morgan fingerprint density at radius 3 is 2.64 bits per heavy atom. The fourth-order valence-corrected chi connectivity index (χ4v) is 3.68. The van der Waals surface area contributed by atoms with Gasteiger partial charge in [-0.2, -0.15) is 0 Å². The van der Waals surface area contributed by atoms with E-state index in [0.717, 1.165) is 13.1 Å². The van der Waals surface area contributed by atoms with Crippen LogP contribution in [0.2, 0.25) is 0 Å². The minimum atomic E-state index is -0.153. The molecular weight excluding hydrogens is 352 g/mol. The second-order valence-corrected chi connectivity index (χ2v) is 7.24. The fraction of sp³-hybridized carbons (Fsp3) is 0.318. The highest BCUT2D eigenvalue weighted by Crippen LogP contribution is 2.18. The smallest absolute Gasteiger partial charge is 0.258 e. The number of para-hydroxylation sites is 1. The number of carbonyl (C=O) groups excluding carboxylic acids is 1. The van der Waals surface area contributed by atoms with Crippen molar-refractivity contribution >= 4 is 22.5 Å². The van der Waals surface area contributed by atoms with Crippen LogP contribution in [0.15, 0.2) is 53.3 Å². The molecule has 144 valence electrons. The molecule has 28 heavy (non-hydrogen) atoms. The molecule has 1 aliphatic heterocycles. The molecule has 6 heteroatoms. The number of nitrogens with one attached hydrogen (secondary N) is 1. The molecule has 2 heterocycles. The van der Waals surface area contributed by atoms with Gasteiger partial charge in [0.25, 0.3) is 5.56 Å². The molecule has 1 N–H and O–H groups in total. The van der Waals surface area contributed by atoms with Gasteiger partial charge in [0.15, 0.2) is 0 Å². The molecule has 1 fully saturated rings. The zero-order chi connectivity index (χ0) is 19.5. The molecular formula is C22H24N4O2. The number of benzene rings is 2. The van der Waals surface area contributed by atoms with Gasteiger partial charge in [-0.05, 0) is 36.8 Å². The average Bonchev–Trinajstić information content (AvgIpc) is 2.72. The zero-order valence-electron chi connectivity index (χ0n) is 16.0. The first-order valence-corrected chi connectivity index (χ1v) is 9.67. The summed E-state index contributed by atoms with van der Waals surface area (Å²) >= 11 is 0. The van der Waals surface area contributed by atoms with Crippen molar-refractivity contribution in [2.24, 2.45) is 0 Å². The minimum Gasteiger partial charge on any atom is -0.368 e. The largest absolute Gasteiger partial charge is 0.368 e. The number of aromatic amines is 1. The molecule has 0 spiro atoms. The number of H-pyrrole nitrogens is 1. The number of hydrogen-bond donors (Lipinski definition) is 1. The van der Waals surface area contributed by atoms with Gasteiger partial charge in [0, 0.05) is 44.7 Å². The molecule has 1 amide bonds. The number of rotatable bonds is 4. The van der Waals surface area contributed by atoms with Gasteiger partial charge in [0.2, 0.25) is 5.91 Å². The van der Waals surface area contributed by atoms with Crippen LogP contribution < -0.4 is 10.5 Å². The normalized spacial score (nSPS) is 14.5. The van der Waals surface area contributed by atoms with Crippen molar-refractivity contribution in [3.63, 3.8) is 0 Å². The van der Waals surface area contributed by atoms with Gasteiger partial charge in [0.05, 0.1) is 10.9 Å². The highest BCUT2D eigenvalue weighted by Gasteiger charge is 2.21. The van der Waals surface area contributed by atoms with Crippen molar-refractivity contribution in [2.45, 2.75) is 19.8 Å². The number of aromatic nitrogens is 2. The van der Waals surface area contributed by atoms with Crippen molar-refractivity contribution < 1.29 is 4.79 Å². The minimum absolute atomic E-state index is 0.111. The third-order valence-corrected chi connectivity index (χ3v) is 5.24. The maximum atomic E-state index is 12.6. The van der Waals surface area contributed by atoms with Crippen LogP contribution in [0.25, 0.3) is 10.9 Å². The van der Waals surface area contributed by atoms with Crippen LogP contribution in [0.4, 0.5) is 5.69 Å². The van der Waals surface area contributed by atoms with Crippen LogP contribution in [0, 0.1) is 6.92 Å². The Balaban J connectivity index is 1.34. The third-order valence-electron chi connectivity index (χ3n) is 5.24. The first-order valence-electron chi connectivity index (χ1n) is 9.67.